The van der Waals surface area contributed by atoms with Crippen molar-refractivity contribution < 1.29 is 4.79 Å². The molecule has 1 fully saturated rings. The maximum atomic E-state index is 11.4. The highest BCUT2D eigenvalue weighted by atomic mass is 127. The summed E-state index contributed by atoms with van der Waals surface area (Å²) < 4.78 is 0. The first-order valence-electron chi connectivity index (χ1n) is 7.73. The van der Waals surface area contributed by atoms with Gasteiger partial charge in [-0.05, 0) is 31.1 Å². The molecule has 0 aromatic heterocycles. The third-order valence-electron chi connectivity index (χ3n) is 3.88. The zero-order valence-electron chi connectivity index (χ0n) is 13.8. The fourth-order valence-electron chi connectivity index (χ4n) is 2.52. The highest BCUT2D eigenvalue weighted by Crippen LogP contribution is 2.20. The van der Waals surface area contributed by atoms with Gasteiger partial charge in [-0.15, -0.1) is 24.0 Å². The van der Waals surface area contributed by atoms with Crippen molar-refractivity contribution in [2.45, 2.75) is 39.5 Å². The van der Waals surface area contributed by atoms with E-state index >= 15 is 0 Å². The molecule has 2 N–H and O–H groups in total. The number of likely N-dealkylation sites (tertiary alicyclic amines) is 1. The lowest BCUT2D eigenvalue weighted by atomic mass is 9.93. The Kier molecular flexibility index (Phi) is 10.8. The Labute approximate surface area is 146 Å². The molecule has 0 spiro atoms. The molecule has 6 heteroatoms. The van der Waals surface area contributed by atoms with Crippen LogP contribution in [0.25, 0.3) is 0 Å². The van der Waals surface area contributed by atoms with E-state index in [1.54, 1.807) is 7.05 Å². The second-order valence-electron chi connectivity index (χ2n) is 5.96. The second kappa shape index (κ2) is 11.1. The van der Waals surface area contributed by atoms with Gasteiger partial charge in [-0.1, -0.05) is 13.8 Å². The molecule has 0 aromatic carbocycles. The molecule has 1 aliphatic rings. The molecule has 0 unspecified atom stereocenters. The van der Waals surface area contributed by atoms with E-state index in [2.05, 4.69) is 34.4 Å². The van der Waals surface area contributed by atoms with Crippen LogP contribution in [0, 0.1) is 11.8 Å². The second-order valence-corrected chi connectivity index (χ2v) is 5.96. The SMILES string of the molecule is CN=C(NCCC(C)C)N1CCC(CC(=O)NC)CC1.I. The van der Waals surface area contributed by atoms with Crippen molar-refractivity contribution in [1.29, 1.82) is 0 Å². The van der Waals surface area contributed by atoms with E-state index in [1.807, 2.05) is 7.05 Å². The standard InChI is InChI=1S/C15H30N4O.HI/c1-12(2)5-8-18-15(17-4)19-9-6-13(7-10-19)11-14(20)16-3;/h12-13H,5-11H2,1-4H3,(H,16,20)(H,17,18);1H. The Bertz CT molecular complexity index is 326. The summed E-state index contributed by atoms with van der Waals surface area (Å²) >= 11 is 0. The molecule has 0 radical (unpaired) electrons. The minimum absolute atomic E-state index is 0. The molecule has 1 rings (SSSR count). The number of rotatable bonds is 5. The predicted molar refractivity (Wildman–Crippen MR) is 99.2 cm³/mol. The summed E-state index contributed by atoms with van der Waals surface area (Å²) in [5.74, 6) is 2.38. The molecule has 5 nitrogen and oxygen atoms in total. The zero-order chi connectivity index (χ0) is 15.0. The van der Waals surface area contributed by atoms with Crippen LogP contribution in [0.2, 0.25) is 0 Å². The molecule has 0 aromatic rings. The fraction of sp³-hybridized carbons (Fsp3) is 0.867. The quantitative estimate of drug-likeness (QED) is 0.415. The first-order valence-corrected chi connectivity index (χ1v) is 7.73. The molecule has 1 aliphatic heterocycles. The van der Waals surface area contributed by atoms with Crippen molar-refractivity contribution in [3.63, 3.8) is 0 Å². The van der Waals surface area contributed by atoms with Crippen LogP contribution < -0.4 is 10.6 Å². The van der Waals surface area contributed by atoms with Crippen molar-refractivity contribution in [3.8, 4) is 0 Å². The van der Waals surface area contributed by atoms with Gasteiger partial charge in [0.05, 0.1) is 0 Å². The van der Waals surface area contributed by atoms with Crippen molar-refractivity contribution in [2.75, 3.05) is 33.7 Å². The summed E-state index contributed by atoms with van der Waals surface area (Å²) in [4.78, 5) is 18.1. The molecule has 124 valence electrons. The lowest BCUT2D eigenvalue weighted by Crippen LogP contribution is -2.46. The van der Waals surface area contributed by atoms with E-state index in [-0.39, 0.29) is 29.9 Å². The van der Waals surface area contributed by atoms with Crippen LogP contribution in [-0.4, -0.2) is 50.5 Å². The van der Waals surface area contributed by atoms with E-state index in [9.17, 15) is 4.79 Å². The first-order chi connectivity index (χ1) is 9.56. The molecule has 21 heavy (non-hydrogen) atoms. The minimum Gasteiger partial charge on any atom is -0.359 e. The van der Waals surface area contributed by atoms with Crippen LogP contribution in [-0.2, 0) is 4.79 Å². The molecule has 1 heterocycles. The number of hydrogen-bond acceptors (Lipinski definition) is 2. The number of carbonyl (C=O) groups excluding carboxylic acids is 1. The number of hydrogen-bond donors (Lipinski definition) is 2. The number of nitrogens with one attached hydrogen (secondary N) is 2. The monoisotopic (exact) mass is 410 g/mol. The van der Waals surface area contributed by atoms with Crippen molar-refractivity contribution in [2.24, 2.45) is 16.8 Å². The average molecular weight is 410 g/mol. The first kappa shape index (κ1) is 20.5. The highest BCUT2D eigenvalue weighted by molar-refractivity contribution is 14.0. The van der Waals surface area contributed by atoms with Gasteiger partial charge < -0.3 is 15.5 Å². The Morgan fingerprint density at radius 3 is 2.43 bits per heavy atom. The zero-order valence-corrected chi connectivity index (χ0v) is 16.1. The highest BCUT2D eigenvalue weighted by Gasteiger charge is 2.22. The molecule has 1 amide bonds. The predicted octanol–water partition coefficient (Wildman–Crippen LogP) is 2.07. The van der Waals surface area contributed by atoms with Crippen LogP contribution >= 0.6 is 24.0 Å². The molecule has 0 aliphatic carbocycles. The van der Waals surface area contributed by atoms with Gasteiger partial charge in [-0.2, -0.15) is 0 Å². The molecule has 0 atom stereocenters. The van der Waals surface area contributed by atoms with Gasteiger partial charge in [-0.25, -0.2) is 0 Å². The van der Waals surface area contributed by atoms with Gasteiger partial charge >= 0.3 is 0 Å². The Hall–Kier alpha value is -0.530. The van der Waals surface area contributed by atoms with Gasteiger partial charge in [0.2, 0.25) is 5.91 Å². The maximum absolute atomic E-state index is 11.4. The summed E-state index contributed by atoms with van der Waals surface area (Å²) in [6.45, 7) is 7.41. The van der Waals surface area contributed by atoms with Crippen LogP contribution in [0.4, 0.5) is 0 Å². The average Bonchev–Trinajstić information content (AvgIpc) is 2.44. The number of guanidine groups is 1. The van der Waals surface area contributed by atoms with Gasteiger partial charge in [0, 0.05) is 40.2 Å². The van der Waals surface area contributed by atoms with E-state index < -0.39 is 0 Å². The lowest BCUT2D eigenvalue weighted by molar-refractivity contribution is -0.121. The Balaban J connectivity index is 0.00000400. The largest absolute Gasteiger partial charge is 0.359 e. The third kappa shape index (κ3) is 7.87. The van der Waals surface area contributed by atoms with Gasteiger partial charge in [0.1, 0.15) is 0 Å². The number of aliphatic imine (C=N–C) groups is 1. The van der Waals surface area contributed by atoms with E-state index in [0.29, 0.717) is 18.3 Å². The number of nitrogens with zero attached hydrogens (tertiary/aromatic N) is 2. The lowest BCUT2D eigenvalue weighted by Gasteiger charge is -2.34. The molecule has 1 saturated heterocycles. The van der Waals surface area contributed by atoms with Crippen LogP contribution in [0.15, 0.2) is 4.99 Å². The van der Waals surface area contributed by atoms with Gasteiger partial charge in [0.25, 0.3) is 0 Å². The third-order valence-corrected chi connectivity index (χ3v) is 3.88. The summed E-state index contributed by atoms with van der Waals surface area (Å²) in [6.07, 6.45) is 3.95. The molecular formula is C15H31IN4O. The number of piperidine rings is 1. The molecule has 0 saturated carbocycles. The summed E-state index contributed by atoms with van der Waals surface area (Å²) in [7, 11) is 3.55. The molecular weight excluding hydrogens is 379 g/mol. The van der Waals surface area contributed by atoms with Crippen LogP contribution in [0.5, 0.6) is 0 Å². The fourth-order valence-corrected chi connectivity index (χ4v) is 2.52. The summed E-state index contributed by atoms with van der Waals surface area (Å²) in [5, 5.41) is 6.14. The number of amides is 1. The van der Waals surface area contributed by atoms with Crippen LogP contribution in [0.3, 0.4) is 0 Å². The molecule has 0 bridgehead atoms. The van der Waals surface area contributed by atoms with E-state index in [0.717, 1.165) is 44.9 Å². The smallest absolute Gasteiger partial charge is 0.220 e. The van der Waals surface area contributed by atoms with Crippen LogP contribution in [0.1, 0.15) is 39.5 Å². The summed E-state index contributed by atoms with van der Waals surface area (Å²) in [5.41, 5.74) is 0. The minimum atomic E-state index is 0. The van der Waals surface area contributed by atoms with E-state index in [1.165, 1.54) is 0 Å². The summed E-state index contributed by atoms with van der Waals surface area (Å²) in [6, 6.07) is 0. The van der Waals surface area contributed by atoms with E-state index in [4.69, 9.17) is 0 Å². The maximum Gasteiger partial charge on any atom is 0.220 e. The topological polar surface area (TPSA) is 56.7 Å². The number of halogens is 1. The van der Waals surface area contributed by atoms with Crippen molar-refractivity contribution >= 4 is 35.8 Å². The normalized spacial score (nSPS) is 16.6. The van der Waals surface area contributed by atoms with Gasteiger partial charge in [-0.3, -0.25) is 9.79 Å². The number of carbonyl (C=O) groups is 1. The Morgan fingerprint density at radius 1 is 1.33 bits per heavy atom. The van der Waals surface area contributed by atoms with Crippen molar-refractivity contribution in [1.82, 2.24) is 15.5 Å². The van der Waals surface area contributed by atoms with Crippen molar-refractivity contribution in [3.05, 3.63) is 0 Å². The Morgan fingerprint density at radius 2 is 1.95 bits per heavy atom. The van der Waals surface area contributed by atoms with Gasteiger partial charge in [0.15, 0.2) is 5.96 Å².